The molecule has 2 rings (SSSR count). The topological polar surface area (TPSA) is 57.8 Å². The molecule has 0 atom stereocenters. The number of anilines is 1. The maximum absolute atomic E-state index is 11.2. The molecular weight excluding hydrogens is 190 g/mol. The first-order valence-electron chi connectivity index (χ1n) is 5.45. The number of nitrogens with one attached hydrogen (secondary N) is 2. The predicted octanol–water partition coefficient (Wildman–Crippen LogP) is 1.68. The summed E-state index contributed by atoms with van der Waals surface area (Å²) in [6, 6.07) is 1.51. The zero-order valence-electron chi connectivity index (χ0n) is 9.26. The molecule has 0 bridgehead atoms. The van der Waals surface area contributed by atoms with Gasteiger partial charge in [0.15, 0.2) is 0 Å². The second kappa shape index (κ2) is 3.68. The molecule has 0 radical (unpaired) electrons. The lowest BCUT2D eigenvalue weighted by Crippen LogP contribution is -2.18. The number of nitrogens with zero attached hydrogens (tertiary/aromatic N) is 1. The van der Waals surface area contributed by atoms with Crippen molar-refractivity contribution in [3.63, 3.8) is 0 Å². The van der Waals surface area contributed by atoms with Gasteiger partial charge in [-0.05, 0) is 31.6 Å². The molecule has 1 fully saturated rings. The van der Waals surface area contributed by atoms with Crippen LogP contribution in [0.15, 0.2) is 10.9 Å². The van der Waals surface area contributed by atoms with Gasteiger partial charge in [-0.2, -0.15) is 0 Å². The molecule has 0 spiro atoms. The van der Waals surface area contributed by atoms with Gasteiger partial charge in [-0.15, -0.1) is 0 Å². The summed E-state index contributed by atoms with van der Waals surface area (Å²) < 4.78 is 0. The normalized spacial score (nSPS) is 17.5. The van der Waals surface area contributed by atoms with Gasteiger partial charge in [-0.3, -0.25) is 4.79 Å². The fourth-order valence-corrected chi connectivity index (χ4v) is 1.78. The van der Waals surface area contributed by atoms with E-state index in [4.69, 9.17) is 0 Å². The van der Waals surface area contributed by atoms with Crippen LogP contribution in [0.25, 0.3) is 0 Å². The summed E-state index contributed by atoms with van der Waals surface area (Å²) in [5, 5.41) is 3.25. The Kier molecular flexibility index (Phi) is 2.50. The average molecular weight is 207 g/mol. The van der Waals surface area contributed by atoms with E-state index >= 15 is 0 Å². The summed E-state index contributed by atoms with van der Waals surface area (Å²) in [6.45, 7) is 4.93. The highest BCUT2D eigenvalue weighted by molar-refractivity contribution is 5.33. The lowest BCUT2D eigenvalue weighted by Gasteiger charge is -2.13. The smallest absolute Gasteiger partial charge is 0.252 e. The summed E-state index contributed by atoms with van der Waals surface area (Å²) in [7, 11) is 0. The van der Waals surface area contributed by atoms with Crippen LogP contribution in [0, 0.1) is 12.3 Å². The van der Waals surface area contributed by atoms with E-state index in [2.05, 4.69) is 22.2 Å². The van der Waals surface area contributed by atoms with Gasteiger partial charge in [0.05, 0.1) is 0 Å². The van der Waals surface area contributed by atoms with Gasteiger partial charge < -0.3 is 10.3 Å². The molecule has 1 saturated carbocycles. The number of aryl methyl sites for hydroxylation is 1. The van der Waals surface area contributed by atoms with Gasteiger partial charge in [0.25, 0.3) is 5.56 Å². The molecule has 0 aliphatic heterocycles. The average Bonchev–Trinajstić information content (AvgIpc) is 2.94. The Hall–Kier alpha value is -1.32. The number of aromatic nitrogens is 2. The largest absolute Gasteiger partial charge is 0.369 e. The van der Waals surface area contributed by atoms with Crippen molar-refractivity contribution in [1.29, 1.82) is 0 Å². The summed E-state index contributed by atoms with van der Waals surface area (Å²) in [5.74, 6) is 1.35. The van der Waals surface area contributed by atoms with Crippen LogP contribution in [0.4, 0.5) is 5.82 Å². The maximum Gasteiger partial charge on any atom is 0.252 e. The van der Waals surface area contributed by atoms with Crippen LogP contribution in [0.3, 0.4) is 0 Å². The van der Waals surface area contributed by atoms with Crippen LogP contribution in [0.5, 0.6) is 0 Å². The SMILES string of the molecule is CCC1(CNc2cc(=O)[nH]c(C)n2)CC1. The Bertz CT molecular complexity index is 407. The summed E-state index contributed by atoms with van der Waals surface area (Å²) in [5.41, 5.74) is 0.379. The van der Waals surface area contributed by atoms with Crippen LogP contribution < -0.4 is 10.9 Å². The van der Waals surface area contributed by atoms with Crippen molar-refractivity contribution in [2.24, 2.45) is 5.41 Å². The first-order chi connectivity index (χ1) is 7.13. The third-order valence-electron chi connectivity index (χ3n) is 3.21. The molecule has 1 aromatic rings. The van der Waals surface area contributed by atoms with E-state index in [1.165, 1.54) is 25.3 Å². The Morgan fingerprint density at radius 3 is 2.87 bits per heavy atom. The Morgan fingerprint density at radius 2 is 2.33 bits per heavy atom. The minimum Gasteiger partial charge on any atom is -0.369 e. The quantitative estimate of drug-likeness (QED) is 0.789. The molecule has 1 heterocycles. The first-order valence-corrected chi connectivity index (χ1v) is 5.45. The van der Waals surface area contributed by atoms with Gasteiger partial charge in [0.2, 0.25) is 0 Å². The van der Waals surface area contributed by atoms with E-state index in [-0.39, 0.29) is 5.56 Å². The van der Waals surface area contributed by atoms with Crippen LogP contribution in [-0.2, 0) is 0 Å². The molecule has 4 nitrogen and oxygen atoms in total. The number of rotatable bonds is 4. The lowest BCUT2D eigenvalue weighted by atomic mass is 10.0. The van der Waals surface area contributed by atoms with Crippen molar-refractivity contribution < 1.29 is 0 Å². The molecule has 2 N–H and O–H groups in total. The summed E-state index contributed by atoms with van der Waals surface area (Å²) in [4.78, 5) is 18.0. The molecule has 1 aliphatic rings. The second-order valence-corrected chi connectivity index (χ2v) is 4.42. The van der Waals surface area contributed by atoms with E-state index in [1.807, 2.05) is 0 Å². The standard InChI is InChI=1S/C11H17N3O/c1-3-11(4-5-11)7-12-9-6-10(15)14-8(2)13-9/h6H,3-5,7H2,1-2H3,(H2,12,13,14,15). The number of hydrogen-bond acceptors (Lipinski definition) is 3. The first kappa shape index (κ1) is 10.2. The van der Waals surface area contributed by atoms with Crippen LogP contribution >= 0.6 is 0 Å². The molecule has 1 aliphatic carbocycles. The molecule has 15 heavy (non-hydrogen) atoms. The molecule has 4 heteroatoms. The fraction of sp³-hybridized carbons (Fsp3) is 0.636. The molecule has 0 saturated heterocycles. The van der Waals surface area contributed by atoms with Gasteiger partial charge in [0.1, 0.15) is 11.6 Å². The van der Waals surface area contributed by atoms with E-state index < -0.39 is 0 Å². The third kappa shape index (κ3) is 2.37. The Morgan fingerprint density at radius 1 is 1.60 bits per heavy atom. The second-order valence-electron chi connectivity index (χ2n) is 4.42. The monoisotopic (exact) mass is 207 g/mol. The van der Waals surface area contributed by atoms with Gasteiger partial charge in [-0.1, -0.05) is 6.92 Å². The summed E-state index contributed by atoms with van der Waals surface area (Å²) in [6.07, 6.45) is 3.78. The predicted molar refractivity (Wildman–Crippen MR) is 60.0 cm³/mol. The van der Waals surface area contributed by atoms with Crippen LogP contribution in [-0.4, -0.2) is 16.5 Å². The van der Waals surface area contributed by atoms with Gasteiger partial charge >= 0.3 is 0 Å². The molecule has 0 aromatic carbocycles. The molecule has 0 unspecified atom stereocenters. The van der Waals surface area contributed by atoms with E-state index in [0.717, 1.165) is 6.54 Å². The van der Waals surface area contributed by atoms with Crippen LogP contribution in [0.1, 0.15) is 32.0 Å². The number of aromatic amines is 1. The van der Waals surface area contributed by atoms with E-state index in [1.54, 1.807) is 6.92 Å². The fourth-order valence-electron chi connectivity index (χ4n) is 1.78. The van der Waals surface area contributed by atoms with E-state index in [9.17, 15) is 4.79 Å². The summed E-state index contributed by atoms with van der Waals surface area (Å²) >= 11 is 0. The highest BCUT2D eigenvalue weighted by Crippen LogP contribution is 2.48. The minimum absolute atomic E-state index is 0.0913. The van der Waals surface area contributed by atoms with Gasteiger partial charge in [-0.25, -0.2) is 4.98 Å². The van der Waals surface area contributed by atoms with Crippen molar-refractivity contribution in [3.8, 4) is 0 Å². The Balaban J connectivity index is 2.02. The van der Waals surface area contributed by atoms with Crippen molar-refractivity contribution in [1.82, 2.24) is 9.97 Å². The van der Waals surface area contributed by atoms with Crippen molar-refractivity contribution in [2.45, 2.75) is 33.1 Å². The lowest BCUT2D eigenvalue weighted by molar-refractivity contribution is 0.520. The van der Waals surface area contributed by atoms with Crippen molar-refractivity contribution >= 4 is 5.82 Å². The van der Waals surface area contributed by atoms with Crippen LogP contribution in [0.2, 0.25) is 0 Å². The van der Waals surface area contributed by atoms with Crippen molar-refractivity contribution in [3.05, 3.63) is 22.2 Å². The highest BCUT2D eigenvalue weighted by atomic mass is 16.1. The molecule has 0 amide bonds. The van der Waals surface area contributed by atoms with Gasteiger partial charge in [0, 0.05) is 12.6 Å². The molecule has 1 aromatic heterocycles. The molecule has 82 valence electrons. The Labute approximate surface area is 89.1 Å². The van der Waals surface area contributed by atoms with E-state index in [0.29, 0.717) is 17.1 Å². The number of H-pyrrole nitrogens is 1. The minimum atomic E-state index is -0.0913. The third-order valence-corrected chi connectivity index (χ3v) is 3.21. The highest BCUT2D eigenvalue weighted by Gasteiger charge is 2.40. The maximum atomic E-state index is 11.2. The number of hydrogen-bond donors (Lipinski definition) is 2. The zero-order valence-corrected chi connectivity index (χ0v) is 9.26. The van der Waals surface area contributed by atoms with Crippen molar-refractivity contribution in [2.75, 3.05) is 11.9 Å². The zero-order chi connectivity index (χ0) is 10.9. The molecular formula is C11H17N3O.